The van der Waals surface area contributed by atoms with Gasteiger partial charge >= 0.3 is 0 Å². The molecular formula is C25H40O2. The first kappa shape index (κ1) is 18.6. The van der Waals surface area contributed by atoms with Gasteiger partial charge in [0.05, 0.1) is 5.60 Å². The van der Waals surface area contributed by atoms with Crippen LogP contribution in [0.15, 0.2) is 0 Å². The number of ketones is 1. The van der Waals surface area contributed by atoms with Crippen molar-refractivity contribution in [1.29, 1.82) is 0 Å². The second kappa shape index (κ2) is 6.31. The van der Waals surface area contributed by atoms with Crippen molar-refractivity contribution in [3.05, 3.63) is 0 Å². The summed E-state index contributed by atoms with van der Waals surface area (Å²) in [4.78, 5) is 12.6. The van der Waals surface area contributed by atoms with Crippen molar-refractivity contribution < 1.29 is 9.90 Å². The van der Waals surface area contributed by atoms with Gasteiger partial charge in [0.1, 0.15) is 5.78 Å². The van der Waals surface area contributed by atoms with Crippen LogP contribution in [0.4, 0.5) is 0 Å². The van der Waals surface area contributed by atoms with Gasteiger partial charge in [-0.2, -0.15) is 0 Å². The van der Waals surface area contributed by atoms with Gasteiger partial charge in [-0.15, -0.1) is 0 Å². The Morgan fingerprint density at radius 1 is 0.815 bits per heavy atom. The molecule has 2 heteroatoms. The number of Topliss-reactive ketones (excluding diaryl/α,β-unsaturated/α-hetero) is 1. The molecule has 0 unspecified atom stereocenters. The number of rotatable bonds is 1. The summed E-state index contributed by atoms with van der Waals surface area (Å²) in [6, 6.07) is 0. The zero-order chi connectivity index (χ0) is 18.9. The maximum atomic E-state index is 12.6. The molecule has 5 aliphatic carbocycles. The Morgan fingerprint density at radius 3 is 2.37 bits per heavy atom. The molecule has 5 saturated carbocycles. The molecule has 0 spiro atoms. The highest BCUT2D eigenvalue weighted by Crippen LogP contribution is 2.66. The average molecular weight is 373 g/mol. The van der Waals surface area contributed by atoms with Gasteiger partial charge in [-0.1, -0.05) is 33.1 Å². The molecule has 0 aromatic rings. The molecule has 1 N–H and O–H groups in total. The van der Waals surface area contributed by atoms with Crippen molar-refractivity contribution in [1.82, 2.24) is 0 Å². The molecule has 0 bridgehead atoms. The number of hydrogen-bond acceptors (Lipinski definition) is 2. The Kier molecular flexibility index (Phi) is 4.36. The van der Waals surface area contributed by atoms with E-state index in [0.717, 1.165) is 43.9 Å². The molecule has 7 atom stereocenters. The lowest BCUT2D eigenvalue weighted by atomic mass is 9.43. The summed E-state index contributed by atoms with van der Waals surface area (Å²) in [6.45, 7) is 4.87. The first-order valence-electron chi connectivity index (χ1n) is 12.1. The van der Waals surface area contributed by atoms with E-state index in [1.54, 1.807) is 0 Å². The van der Waals surface area contributed by atoms with Gasteiger partial charge < -0.3 is 5.11 Å². The molecule has 0 saturated heterocycles. The molecule has 5 rings (SSSR count). The van der Waals surface area contributed by atoms with Crippen molar-refractivity contribution in [2.24, 2.45) is 40.4 Å². The summed E-state index contributed by atoms with van der Waals surface area (Å²) >= 11 is 0. The second-order valence-corrected chi connectivity index (χ2v) is 11.7. The quantitative estimate of drug-likeness (QED) is 0.621. The van der Waals surface area contributed by atoms with E-state index in [4.69, 9.17) is 0 Å². The number of carbonyl (C=O) groups excluding carboxylic acids is 1. The molecule has 27 heavy (non-hydrogen) atoms. The van der Waals surface area contributed by atoms with E-state index in [1.807, 2.05) is 0 Å². The summed E-state index contributed by atoms with van der Waals surface area (Å²) in [5.74, 6) is 4.07. The van der Waals surface area contributed by atoms with E-state index in [-0.39, 0.29) is 11.0 Å². The van der Waals surface area contributed by atoms with Crippen LogP contribution >= 0.6 is 0 Å². The molecular weight excluding hydrogens is 332 g/mol. The topological polar surface area (TPSA) is 37.3 Å². The smallest absolute Gasteiger partial charge is 0.139 e. The molecule has 0 amide bonds. The average Bonchev–Trinajstić information content (AvgIpc) is 2.98. The van der Waals surface area contributed by atoms with Crippen LogP contribution in [0, 0.1) is 40.4 Å². The molecule has 5 fully saturated rings. The number of fused-ring (bicyclic) bond motifs is 5. The van der Waals surface area contributed by atoms with Crippen LogP contribution in [0.1, 0.15) is 104 Å². The van der Waals surface area contributed by atoms with E-state index in [9.17, 15) is 9.90 Å². The third-order valence-corrected chi connectivity index (χ3v) is 10.8. The predicted molar refractivity (Wildman–Crippen MR) is 108 cm³/mol. The standard InChI is InChI=1S/C25H40O2/c1-23-14-15-25(27,17-6-4-3-5-7-17)16-18(23)8-9-19-20-10-11-22(26)24(20,2)13-12-21(19)23/h17-21,27H,3-16H2,1-2H3/t18-,19-,20-,21-,23-,24-,25+/m0/s1. The van der Waals surface area contributed by atoms with E-state index in [0.29, 0.717) is 29.0 Å². The third kappa shape index (κ3) is 2.64. The molecule has 0 radical (unpaired) electrons. The van der Waals surface area contributed by atoms with Gasteiger partial charge in [0.15, 0.2) is 0 Å². The molecule has 0 heterocycles. The highest BCUT2D eigenvalue weighted by molar-refractivity contribution is 5.87. The molecule has 0 aromatic heterocycles. The van der Waals surface area contributed by atoms with Crippen molar-refractivity contribution in [2.45, 2.75) is 109 Å². The summed E-state index contributed by atoms with van der Waals surface area (Å²) < 4.78 is 0. The first-order valence-corrected chi connectivity index (χ1v) is 12.1. The van der Waals surface area contributed by atoms with Crippen molar-refractivity contribution in [2.75, 3.05) is 0 Å². The van der Waals surface area contributed by atoms with Crippen molar-refractivity contribution in [3.63, 3.8) is 0 Å². The third-order valence-electron chi connectivity index (χ3n) is 10.8. The number of hydrogen-bond donors (Lipinski definition) is 1. The Labute approximate surface area is 165 Å². The van der Waals surface area contributed by atoms with Gasteiger partial charge in [-0.25, -0.2) is 0 Å². The van der Waals surface area contributed by atoms with E-state index >= 15 is 0 Å². The molecule has 0 aromatic carbocycles. The van der Waals surface area contributed by atoms with Gasteiger partial charge in [-0.05, 0) is 99.2 Å². The van der Waals surface area contributed by atoms with Gasteiger partial charge in [0.2, 0.25) is 0 Å². The van der Waals surface area contributed by atoms with E-state index < -0.39 is 0 Å². The second-order valence-electron chi connectivity index (χ2n) is 11.7. The monoisotopic (exact) mass is 372 g/mol. The number of aliphatic hydroxyl groups is 1. The maximum absolute atomic E-state index is 12.6. The van der Waals surface area contributed by atoms with Crippen LogP contribution in [0.5, 0.6) is 0 Å². The molecule has 0 aliphatic heterocycles. The van der Waals surface area contributed by atoms with Crippen LogP contribution in [-0.4, -0.2) is 16.5 Å². The Morgan fingerprint density at radius 2 is 1.59 bits per heavy atom. The summed E-state index contributed by atoms with van der Waals surface area (Å²) in [5, 5.41) is 11.6. The van der Waals surface area contributed by atoms with E-state index in [2.05, 4.69) is 13.8 Å². The maximum Gasteiger partial charge on any atom is 0.139 e. The number of carbonyl (C=O) groups is 1. The Bertz CT molecular complexity index is 607. The minimum absolute atomic E-state index is 0.00185. The highest BCUT2D eigenvalue weighted by atomic mass is 16.3. The lowest BCUT2D eigenvalue weighted by Crippen LogP contribution is -2.57. The summed E-state index contributed by atoms with van der Waals surface area (Å²) in [6.07, 6.45) is 16.9. The summed E-state index contributed by atoms with van der Waals surface area (Å²) in [5.41, 5.74) is 0.0442. The fraction of sp³-hybridized carbons (Fsp3) is 0.960. The zero-order valence-electron chi connectivity index (χ0n) is 17.6. The van der Waals surface area contributed by atoms with Crippen LogP contribution in [-0.2, 0) is 4.79 Å². The molecule has 152 valence electrons. The molecule has 2 nitrogen and oxygen atoms in total. The summed E-state index contributed by atoms with van der Waals surface area (Å²) in [7, 11) is 0. The highest BCUT2D eigenvalue weighted by Gasteiger charge is 2.61. The SMILES string of the molecule is C[C@]12CC[C@](O)(C3CCCCC3)C[C@@H]1CC[C@@H]1[C@@H]2CC[C@]2(C)C(=O)CC[C@@H]12. The predicted octanol–water partition coefficient (Wildman–Crippen LogP) is 5.91. The fourth-order valence-electron chi connectivity index (χ4n) is 9.06. The largest absolute Gasteiger partial charge is 0.390 e. The van der Waals surface area contributed by atoms with Gasteiger partial charge in [0.25, 0.3) is 0 Å². The first-order chi connectivity index (χ1) is 12.9. The minimum atomic E-state index is -0.371. The fourth-order valence-corrected chi connectivity index (χ4v) is 9.06. The van der Waals surface area contributed by atoms with Gasteiger partial charge in [0, 0.05) is 11.8 Å². The lowest BCUT2D eigenvalue weighted by Gasteiger charge is -2.62. The minimum Gasteiger partial charge on any atom is -0.390 e. The Balaban J connectivity index is 1.37. The van der Waals surface area contributed by atoms with Crippen LogP contribution in [0.2, 0.25) is 0 Å². The molecule has 5 aliphatic rings. The zero-order valence-corrected chi connectivity index (χ0v) is 17.6. The van der Waals surface area contributed by atoms with Gasteiger partial charge in [-0.3, -0.25) is 4.79 Å². The van der Waals surface area contributed by atoms with Crippen molar-refractivity contribution in [3.8, 4) is 0 Å². The Hall–Kier alpha value is -0.370. The van der Waals surface area contributed by atoms with E-state index in [1.165, 1.54) is 57.8 Å². The lowest BCUT2D eigenvalue weighted by molar-refractivity contribution is -0.167. The van der Waals surface area contributed by atoms with Crippen LogP contribution in [0.3, 0.4) is 0 Å². The van der Waals surface area contributed by atoms with Crippen molar-refractivity contribution >= 4 is 5.78 Å². The van der Waals surface area contributed by atoms with Crippen LogP contribution in [0.25, 0.3) is 0 Å². The normalized spacial score (nSPS) is 53.5. The van der Waals surface area contributed by atoms with Crippen LogP contribution < -0.4 is 0 Å².